The molecular formula is C64H98O6. The highest BCUT2D eigenvalue weighted by Gasteiger charge is 1.99. The Bertz CT molecular complexity index is 1810. The molecule has 0 aliphatic heterocycles. The van der Waals surface area contributed by atoms with Gasteiger partial charge in [-0.15, -0.1) is 0 Å². The fourth-order valence-corrected chi connectivity index (χ4v) is 6.70. The second kappa shape index (κ2) is 45.4. The summed E-state index contributed by atoms with van der Waals surface area (Å²) in [5, 5.41) is 0. The first-order valence-electron chi connectivity index (χ1n) is 27.4. The number of unbranched alkanes of at least 4 members (excludes halogenated alkanes) is 4. The molecule has 0 amide bonds. The Morgan fingerprint density at radius 2 is 0.543 bits per heavy atom. The highest BCUT2D eigenvalue weighted by atomic mass is 16.5. The van der Waals surface area contributed by atoms with Crippen LogP contribution in [0.5, 0.6) is 23.0 Å². The molecule has 0 unspecified atom stereocenters. The van der Waals surface area contributed by atoms with Gasteiger partial charge < -0.3 is 28.4 Å². The summed E-state index contributed by atoms with van der Waals surface area (Å²) in [6, 6.07) is 42.3. The maximum absolute atomic E-state index is 5.69. The van der Waals surface area contributed by atoms with E-state index < -0.39 is 0 Å². The highest BCUT2D eigenvalue weighted by Crippen LogP contribution is 2.16. The van der Waals surface area contributed by atoms with E-state index in [9.17, 15) is 0 Å². The summed E-state index contributed by atoms with van der Waals surface area (Å²) in [7, 11) is 0. The average molecular weight is 963 g/mol. The molecule has 0 atom stereocenters. The van der Waals surface area contributed by atoms with Crippen LogP contribution in [0.1, 0.15) is 167 Å². The molecule has 0 aliphatic carbocycles. The van der Waals surface area contributed by atoms with Crippen molar-refractivity contribution in [2.24, 2.45) is 0 Å². The van der Waals surface area contributed by atoms with Gasteiger partial charge in [0.1, 0.15) is 36.2 Å². The van der Waals surface area contributed by atoms with Gasteiger partial charge in [-0.3, -0.25) is 0 Å². The quantitative estimate of drug-likeness (QED) is 0.0428. The third kappa shape index (κ3) is 33.7. The van der Waals surface area contributed by atoms with E-state index in [-0.39, 0.29) is 0 Å². The first kappa shape index (κ1) is 63.2. The monoisotopic (exact) mass is 963 g/mol. The minimum atomic E-state index is 0.630. The van der Waals surface area contributed by atoms with Gasteiger partial charge in [0.25, 0.3) is 0 Å². The third-order valence-electron chi connectivity index (χ3n) is 11.1. The van der Waals surface area contributed by atoms with Crippen molar-refractivity contribution in [3.8, 4) is 23.0 Å². The maximum Gasteiger partial charge on any atom is 0.119 e. The lowest BCUT2D eigenvalue weighted by molar-refractivity contribution is 0.101. The van der Waals surface area contributed by atoms with Crippen LogP contribution in [0.3, 0.4) is 0 Å². The van der Waals surface area contributed by atoms with Crippen molar-refractivity contribution in [3.63, 3.8) is 0 Å². The van der Waals surface area contributed by atoms with Gasteiger partial charge in [0.15, 0.2) is 0 Å². The fourth-order valence-electron chi connectivity index (χ4n) is 6.70. The normalized spacial score (nSPS) is 10.2. The van der Waals surface area contributed by atoms with Gasteiger partial charge in [0.05, 0.1) is 26.4 Å². The molecule has 0 radical (unpaired) electrons. The van der Waals surface area contributed by atoms with E-state index in [1.54, 1.807) is 0 Å². The molecule has 70 heavy (non-hydrogen) atoms. The zero-order valence-corrected chi connectivity index (χ0v) is 46.0. The molecule has 0 saturated carbocycles. The molecule has 5 rings (SSSR count). The molecule has 0 heterocycles. The van der Waals surface area contributed by atoms with Crippen LogP contribution in [0.25, 0.3) is 0 Å². The number of rotatable bonds is 30. The molecule has 0 aromatic heterocycles. The largest absolute Gasteiger partial charge is 0.494 e. The Morgan fingerprint density at radius 3 is 0.871 bits per heavy atom. The average Bonchev–Trinajstić information content (AvgIpc) is 3.41. The van der Waals surface area contributed by atoms with Gasteiger partial charge in [0.2, 0.25) is 0 Å². The first-order chi connectivity index (χ1) is 34.3. The van der Waals surface area contributed by atoms with E-state index in [4.69, 9.17) is 28.4 Å². The number of hydrogen-bond donors (Lipinski definition) is 0. The van der Waals surface area contributed by atoms with E-state index in [1.165, 1.54) is 78.3 Å². The predicted molar refractivity (Wildman–Crippen MR) is 301 cm³/mol. The standard InChI is InChI=1S/C15H24O2.C15H24O.C13H20O2.C11H16O.C10H14/c1-3-5-6-14-7-9-15(10-8-14)17-13-12-16-11-4-2;1-3-5-6-7-13-16-15-11-9-14(8-4-2)10-12-15;1-3-9-14-10-11-15-13-7-5-12(4-2)6-8-13;1-3-9-12-11-7-5-10(4-2)6-8-11;1-3-9-5-7-10(4-2)8-6-9/h7-10H,3-6,11-13H2,1-2H3;9-12H,3-8,13H2,1-2H3;5-8H,3-4,9-11H2,1-2H3;5-8H,3-4,9H2,1-2H3;5-8H,3-4H2,1-2H3. The summed E-state index contributed by atoms with van der Waals surface area (Å²) in [6.07, 6.45) is 18.7. The molecule has 5 aromatic rings. The zero-order valence-electron chi connectivity index (χ0n) is 46.0. The number of benzene rings is 5. The topological polar surface area (TPSA) is 55.4 Å². The van der Waals surface area contributed by atoms with Gasteiger partial charge in [0, 0.05) is 13.2 Å². The molecule has 6 heteroatoms. The molecule has 0 fully saturated rings. The predicted octanol–water partition coefficient (Wildman–Crippen LogP) is 17.3. The Hall–Kier alpha value is -4.78. The van der Waals surface area contributed by atoms with Crippen molar-refractivity contribution >= 4 is 0 Å². The second-order valence-electron chi connectivity index (χ2n) is 17.3. The van der Waals surface area contributed by atoms with E-state index in [1.807, 2.05) is 36.4 Å². The van der Waals surface area contributed by atoms with E-state index in [0.717, 1.165) is 107 Å². The summed E-state index contributed by atoms with van der Waals surface area (Å²) < 4.78 is 32.9. The van der Waals surface area contributed by atoms with Crippen molar-refractivity contribution in [2.45, 2.75) is 172 Å². The Morgan fingerprint density at radius 1 is 0.229 bits per heavy atom. The first-order valence-corrected chi connectivity index (χ1v) is 27.4. The van der Waals surface area contributed by atoms with Crippen LogP contribution in [0.15, 0.2) is 121 Å². The van der Waals surface area contributed by atoms with E-state index in [0.29, 0.717) is 26.4 Å². The molecule has 0 bridgehead atoms. The highest BCUT2D eigenvalue weighted by molar-refractivity contribution is 5.30. The summed E-state index contributed by atoms with van der Waals surface area (Å²) in [4.78, 5) is 0. The lowest BCUT2D eigenvalue weighted by Crippen LogP contribution is -2.07. The van der Waals surface area contributed by atoms with Crippen LogP contribution in [0.4, 0.5) is 0 Å². The summed E-state index contributed by atoms with van der Waals surface area (Å²) >= 11 is 0. The van der Waals surface area contributed by atoms with Crippen LogP contribution in [0.2, 0.25) is 0 Å². The molecule has 0 spiro atoms. The van der Waals surface area contributed by atoms with Gasteiger partial charge in [-0.05, 0) is 153 Å². The van der Waals surface area contributed by atoms with Crippen LogP contribution in [-0.2, 0) is 48.0 Å². The Balaban J connectivity index is 0.000000442. The van der Waals surface area contributed by atoms with Crippen molar-refractivity contribution in [1.82, 2.24) is 0 Å². The zero-order chi connectivity index (χ0) is 51.1. The summed E-state index contributed by atoms with van der Waals surface area (Å²) in [5.41, 5.74) is 8.35. The SMILES string of the molecule is CCCCCCOc1ccc(CCC)cc1.CCCCc1ccc(OCCOCCC)cc1.CCCOCCOc1ccc(CC)cc1.CCCOc1ccc(CC)cc1.CCc1ccc(CC)cc1. The minimum Gasteiger partial charge on any atom is -0.494 e. The lowest BCUT2D eigenvalue weighted by atomic mass is 10.1. The molecule has 0 N–H and O–H groups in total. The minimum absolute atomic E-state index is 0.630. The van der Waals surface area contributed by atoms with Gasteiger partial charge in [-0.2, -0.15) is 0 Å². The van der Waals surface area contributed by atoms with E-state index >= 15 is 0 Å². The molecule has 0 aliphatic rings. The number of hydrogen-bond acceptors (Lipinski definition) is 6. The molecular weight excluding hydrogens is 865 g/mol. The fraction of sp³-hybridized carbons (Fsp3) is 0.531. The summed E-state index contributed by atoms with van der Waals surface area (Å²) in [5.74, 6) is 3.85. The van der Waals surface area contributed by atoms with Crippen molar-refractivity contribution < 1.29 is 28.4 Å². The smallest absolute Gasteiger partial charge is 0.119 e. The molecule has 0 saturated heterocycles. The van der Waals surface area contributed by atoms with Crippen LogP contribution < -0.4 is 18.9 Å². The van der Waals surface area contributed by atoms with Crippen molar-refractivity contribution in [3.05, 3.63) is 155 Å². The number of ether oxygens (including phenoxy) is 6. The molecule has 5 aromatic carbocycles. The van der Waals surface area contributed by atoms with Gasteiger partial charge >= 0.3 is 0 Å². The van der Waals surface area contributed by atoms with Crippen LogP contribution >= 0.6 is 0 Å². The molecule has 390 valence electrons. The Kier molecular flexibility index (Phi) is 41.0. The molecule has 6 nitrogen and oxygen atoms in total. The van der Waals surface area contributed by atoms with Crippen LogP contribution in [0, 0.1) is 0 Å². The van der Waals surface area contributed by atoms with Crippen molar-refractivity contribution in [1.29, 1.82) is 0 Å². The van der Waals surface area contributed by atoms with Crippen molar-refractivity contribution in [2.75, 3.05) is 52.9 Å². The second-order valence-corrected chi connectivity index (χ2v) is 17.3. The van der Waals surface area contributed by atoms with Crippen LogP contribution in [-0.4, -0.2) is 52.9 Å². The van der Waals surface area contributed by atoms with Gasteiger partial charge in [-0.1, -0.05) is 174 Å². The Labute approximate surface area is 429 Å². The maximum atomic E-state index is 5.69. The number of aryl methyl sites for hydroxylation is 6. The lowest BCUT2D eigenvalue weighted by Gasteiger charge is -2.07. The third-order valence-corrected chi connectivity index (χ3v) is 11.1. The van der Waals surface area contributed by atoms with E-state index in [2.05, 4.69) is 154 Å². The summed E-state index contributed by atoms with van der Waals surface area (Å²) in [6.45, 7) is 27.5. The van der Waals surface area contributed by atoms with Gasteiger partial charge in [-0.25, -0.2) is 0 Å².